The van der Waals surface area contributed by atoms with E-state index in [9.17, 15) is 13.0 Å². The van der Waals surface area contributed by atoms with Crippen molar-refractivity contribution in [1.82, 2.24) is 0 Å². The fourth-order valence-corrected chi connectivity index (χ4v) is 4.47. The van der Waals surface area contributed by atoms with Gasteiger partial charge in [0.25, 0.3) is 0 Å². The molecule has 0 spiro atoms. The second-order valence-corrected chi connectivity index (χ2v) is 9.54. The van der Waals surface area contributed by atoms with E-state index in [2.05, 4.69) is 19.9 Å². The molecule has 168 valence electrons. The van der Waals surface area contributed by atoms with Crippen LogP contribution in [0.5, 0.6) is 5.75 Å². The zero-order valence-electron chi connectivity index (χ0n) is 19.8. The van der Waals surface area contributed by atoms with Gasteiger partial charge in [0.05, 0.1) is 15.9 Å². The number of unbranched alkanes of at least 4 members (excludes halogenated alkanes) is 8. The number of aryl methyl sites for hydroxylation is 1. The van der Waals surface area contributed by atoms with Crippen LogP contribution in [0.4, 0.5) is 0 Å². The third-order valence-electron chi connectivity index (χ3n) is 5.45. The fourth-order valence-electron chi connectivity index (χ4n) is 3.71. The second kappa shape index (κ2) is 17.5. The Morgan fingerprint density at radius 1 is 0.867 bits per heavy atom. The van der Waals surface area contributed by atoms with Crippen molar-refractivity contribution in [2.45, 2.75) is 110 Å². The normalized spacial score (nSPS) is 12.4. The van der Waals surface area contributed by atoms with E-state index in [4.69, 9.17) is 4.74 Å². The maximum Gasteiger partial charge on any atom is 1.00 e. The monoisotopic (exact) mass is 448 g/mol. The largest absolute Gasteiger partial charge is 1.00 e. The van der Waals surface area contributed by atoms with Gasteiger partial charge in [0.1, 0.15) is 11.9 Å². The van der Waals surface area contributed by atoms with Gasteiger partial charge in [0.15, 0.2) is 0 Å². The predicted octanol–water partition coefficient (Wildman–Crippen LogP) is 3.42. The van der Waals surface area contributed by atoms with Crippen molar-refractivity contribution < 1.29 is 47.3 Å². The molecule has 0 aromatic heterocycles. The van der Waals surface area contributed by atoms with Crippen LogP contribution in [0, 0.1) is 0 Å². The molecule has 0 amide bonds. The minimum absolute atomic E-state index is 0. The molecule has 1 aromatic rings. The van der Waals surface area contributed by atoms with E-state index in [1.165, 1.54) is 68.9 Å². The number of hydrogen-bond acceptors (Lipinski definition) is 4. The first kappa shape index (κ1) is 29.9. The molecular weight excluding hydrogens is 407 g/mol. The molecule has 30 heavy (non-hydrogen) atoms. The van der Waals surface area contributed by atoms with Crippen molar-refractivity contribution in [1.29, 1.82) is 0 Å². The molecular formula is C24H41NaO4S. The Balaban J connectivity index is 0.00000841. The average molecular weight is 449 g/mol. The van der Waals surface area contributed by atoms with E-state index in [-0.39, 0.29) is 29.6 Å². The van der Waals surface area contributed by atoms with Crippen LogP contribution in [0.2, 0.25) is 0 Å². The molecule has 1 aromatic carbocycles. The molecule has 0 aliphatic carbocycles. The van der Waals surface area contributed by atoms with E-state index in [1.807, 2.05) is 19.1 Å². The SMILES string of the molecule is CCCCCCCc1cccc(OC(CC)CS(=O)(=O)[O-])c1CCCCCCC.[Na+]. The zero-order chi connectivity index (χ0) is 21.5. The van der Waals surface area contributed by atoms with Crippen molar-refractivity contribution in [3.8, 4) is 5.75 Å². The minimum Gasteiger partial charge on any atom is -0.748 e. The molecule has 0 radical (unpaired) electrons. The molecule has 0 saturated heterocycles. The minimum atomic E-state index is -4.30. The van der Waals surface area contributed by atoms with Crippen LogP contribution >= 0.6 is 0 Å². The van der Waals surface area contributed by atoms with E-state index in [0.717, 1.165) is 25.0 Å². The van der Waals surface area contributed by atoms with Gasteiger partial charge in [-0.05, 0) is 49.3 Å². The predicted molar refractivity (Wildman–Crippen MR) is 121 cm³/mol. The summed E-state index contributed by atoms with van der Waals surface area (Å²) in [5.41, 5.74) is 2.52. The van der Waals surface area contributed by atoms with Crippen molar-refractivity contribution in [3.63, 3.8) is 0 Å². The van der Waals surface area contributed by atoms with Gasteiger partial charge in [-0.2, -0.15) is 0 Å². The quantitative estimate of drug-likeness (QED) is 0.208. The number of rotatable bonds is 17. The van der Waals surface area contributed by atoms with Crippen molar-refractivity contribution >= 4 is 10.1 Å². The standard InChI is InChI=1S/C24H42O4S.Na/c1-4-7-9-11-13-16-21-17-15-19-24(23(21)18-14-12-10-8-5-2)28-22(6-3)20-29(25,26)27;/h15,17,19,22H,4-14,16,18,20H2,1-3H3,(H,25,26,27);/q;+1/p-1. The molecule has 1 rings (SSSR count). The van der Waals surface area contributed by atoms with Gasteiger partial charge in [0.2, 0.25) is 0 Å². The molecule has 4 nitrogen and oxygen atoms in total. The first-order valence-corrected chi connectivity index (χ1v) is 13.2. The third kappa shape index (κ3) is 13.4. The van der Waals surface area contributed by atoms with E-state index in [1.54, 1.807) is 0 Å². The van der Waals surface area contributed by atoms with E-state index >= 15 is 0 Å². The summed E-state index contributed by atoms with van der Waals surface area (Å²) in [5, 5.41) is 0. The van der Waals surface area contributed by atoms with Crippen LogP contribution in [0.1, 0.15) is 103 Å². The van der Waals surface area contributed by atoms with Gasteiger partial charge in [-0.3, -0.25) is 0 Å². The Labute approximate surface area is 207 Å². The van der Waals surface area contributed by atoms with Gasteiger partial charge in [-0.25, -0.2) is 8.42 Å². The Hall–Kier alpha value is -0.0700. The van der Waals surface area contributed by atoms with Crippen LogP contribution in [0.3, 0.4) is 0 Å². The molecule has 1 atom stereocenters. The molecule has 1 unspecified atom stereocenters. The Morgan fingerprint density at radius 2 is 1.43 bits per heavy atom. The number of ether oxygens (including phenoxy) is 1. The molecule has 0 aliphatic rings. The maximum absolute atomic E-state index is 11.2. The fraction of sp³-hybridized carbons (Fsp3) is 0.750. The molecule has 0 fully saturated rings. The van der Waals surface area contributed by atoms with Crippen molar-refractivity contribution in [2.75, 3.05) is 5.75 Å². The Morgan fingerprint density at radius 3 is 1.97 bits per heavy atom. The van der Waals surface area contributed by atoms with Crippen molar-refractivity contribution in [2.24, 2.45) is 0 Å². The third-order valence-corrected chi connectivity index (χ3v) is 6.23. The summed E-state index contributed by atoms with van der Waals surface area (Å²) >= 11 is 0. The summed E-state index contributed by atoms with van der Waals surface area (Å²) in [5.74, 6) is 0.294. The van der Waals surface area contributed by atoms with Gasteiger partial charge >= 0.3 is 29.6 Å². The van der Waals surface area contributed by atoms with Gasteiger partial charge in [-0.1, -0.05) is 84.3 Å². The Bertz CT molecular complexity index is 661. The van der Waals surface area contributed by atoms with Crippen LogP contribution in [0.25, 0.3) is 0 Å². The topological polar surface area (TPSA) is 66.4 Å². The summed E-state index contributed by atoms with van der Waals surface area (Å²) in [6, 6.07) is 6.11. The van der Waals surface area contributed by atoms with E-state index in [0.29, 0.717) is 6.42 Å². The zero-order valence-corrected chi connectivity index (χ0v) is 22.6. The summed E-state index contributed by atoms with van der Waals surface area (Å²) < 4.78 is 39.7. The van der Waals surface area contributed by atoms with Crippen molar-refractivity contribution in [3.05, 3.63) is 29.3 Å². The molecule has 0 bridgehead atoms. The van der Waals surface area contributed by atoms with Crippen LogP contribution in [-0.2, 0) is 23.0 Å². The van der Waals surface area contributed by atoms with Crippen LogP contribution in [-0.4, -0.2) is 24.8 Å². The van der Waals surface area contributed by atoms with Gasteiger partial charge < -0.3 is 9.29 Å². The summed E-state index contributed by atoms with van der Waals surface area (Å²) in [7, 11) is -4.30. The summed E-state index contributed by atoms with van der Waals surface area (Å²) in [6.07, 6.45) is 14.1. The van der Waals surface area contributed by atoms with E-state index < -0.39 is 22.0 Å². The average Bonchev–Trinajstić information content (AvgIpc) is 2.67. The molecule has 0 saturated carbocycles. The van der Waals surface area contributed by atoms with Gasteiger partial charge in [-0.15, -0.1) is 0 Å². The smallest absolute Gasteiger partial charge is 0.748 e. The molecule has 6 heteroatoms. The summed E-state index contributed by atoms with van der Waals surface area (Å²) in [4.78, 5) is 0. The van der Waals surface area contributed by atoms with Crippen LogP contribution in [0.15, 0.2) is 18.2 Å². The summed E-state index contributed by atoms with van der Waals surface area (Å²) in [6.45, 7) is 6.30. The maximum atomic E-state index is 11.2. The first-order chi connectivity index (χ1) is 13.9. The second-order valence-electron chi connectivity index (χ2n) is 8.09. The molecule has 0 N–H and O–H groups in total. The number of benzene rings is 1. The van der Waals surface area contributed by atoms with Gasteiger partial charge in [0, 0.05) is 0 Å². The molecule has 0 heterocycles. The first-order valence-electron chi connectivity index (χ1n) is 11.6. The molecule has 0 aliphatic heterocycles. The Kier molecular flexibility index (Phi) is 17.4. The van der Waals surface area contributed by atoms with Crippen LogP contribution < -0.4 is 34.3 Å². The number of hydrogen-bond donors (Lipinski definition) is 0.